The molecular weight excluding hydrogens is 252 g/mol. The Morgan fingerprint density at radius 2 is 2.20 bits per heavy atom. The zero-order valence-corrected chi connectivity index (χ0v) is 12.7. The van der Waals surface area contributed by atoms with E-state index in [1.54, 1.807) is 0 Å². The summed E-state index contributed by atoms with van der Waals surface area (Å²) in [5.74, 6) is 1.44. The van der Waals surface area contributed by atoms with Gasteiger partial charge >= 0.3 is 0 Å². The normalized spacial score (nSPS) is 27.4. The highest BCUT2D eigenvalue weighted by Crippen LogP contribution is 2.41. The van der Waals surface area contributed by atoms with Gasteiger partial charge in [0.25, 0.3) is 0 Å². The number of nitrogens with zero attached hydrogens (tertiary/aromatic N) is 4. The number of likely N-dealkylation sites (tertiary alicyclic amines) is 2. The minimum atomic E-state index is -0.103. The van der Waals surface area contributed by atoms with Crippen molar-refractivity contribution < 1.29 is 4.79 Å². The lowest BCUT2D eigenvalue weighted by Gasteiger charge is -2.54. The van der Waals surface area contributed by atoms with Gasteiger partial charge in [-0.1, -0.05) is 0 Å². The summed E-state index contributed by atoms with van der Waals surface area (Å²) in [5.41, 5.74) is -0.103. The number of piperidine rings is 1. The van der Waals surface area contributed by atoms with Crippen LogP contribution in [-0.2, 0) is 18.4 Å². The predicted molar refractivity (Wildman–Crippen MR) is 77.0 cm³/mol. The molecule has 0 aliphatic carbocycles. The van der Waals surface area contributed by atoms with E-state index in [9.17, 15) is 4.79 Å². The first kappa shape index (κ1) is 13.6. The first-order valence-electron chi connectivity index (χ1n) is 7.51. The van der Waals surface area contributed by atoms with Gasteiger partial charge in [0.1, 0.15) is 5.82 Å². The summed E-state index contributed by atoms with van der Waals surface area (Å²) in [4.78, 5) is 21.3. The van der Waals surface area contributed by atoms with Crippen LogP contribution in [0, 0.1) is 5.41 Å². The molecule has 2 aliphatic heterocycles. The van der Waals surface area contributed by atoms with Crippen molar-refractivity contribution >= 4 is 5.91 Å². The number of imidazole rings is 1. The van der Waals surface area contributed by atoms with Gasteiger partial charge in [-0.15, -0.1) is 0 Å². The Morgan fingerprint density at radius 1 is 1.40 bits per heavy atom. The van der Waals surface area contributed by atoms with Crippen molar-refractivity contribution in [2.45, 2.75) is 39.3 Å². The molecule has 5 nitrogen and oxygen atoms in total. The van der Waals surface area contributed by atoms with E-state index in [-0.39, 0.29) is 5.41 Å². The maximum atomic E-state index is 12.5. The summed E-state index contributed by atoms with van der Waals surface area (Å²) < 4.78 is 2.06. The number of hydrogen-bond acceptors (Lipinski definition) is 3. The molecule has 110 valence electrons. The van der Waals surface area contributed by atoms with Gasteiger partial charge in [-0.05, 0) is 33.2 Å². The fourth-order valence-corrected chi connectivity index (χ4v) is 3.51. The standard InChI is InChI=1S/C15H24N4O/c1-12(2)19-11-15(14(19)20)5-4-7-18(10-15)9-13-16-6-8-17(13)3/h6,8,12H,4-5,7,9-11H2,1-3H3. The number of amides is 1. The van der Waals surface area contributed by atoms with Crippen molar-refractivity contribution in [1.82, 2.24) is 19.4 Å². The van der Waals surface area contributed by atoms with Gasteiger partial charge in [-0.3, -0.25) is 9.69 Å². The minimum absolute atomic E-state index is 0.103. The van der Waals surface area contributed by atoms with Crippen LogP contribution in [0.1, 0.15) is 32.5 Å². The molecule has 2 saturated heterocycles. The van der Waals surface area contributed by atoms with Crippen LogP contribution in [0.15, 0.2) is 12.4 Å². The molecule has 1 unspecified atom stereocenters. The lowest BCUT2D eigenvalue weighted by atomic mass is 9.72. The molecule has 2 fully saturated rings. The summed E-state index contributed by atoms with van der Waals surface area (Å²) in [6.45, 7) is 7.94. The molecule has 0 bridgehead atoms. The molecule has 1 aromatic heterocycles. The number of aromatic nitrogens is 2. The van der Waals surface area contributed by atoms with E-state index in [1.807, 2.05) is 24.3 Å². The molecular formula is C15H24N4O. The smallest absolute Gasteiger partial charge is 0.232 e. The van der Waals surface area contributed by atoms with Crippen LogP contribution in [0.25, 0.3) is 0 Å². The fourth-order valence-electron chi connectivity index (χ4n) is 3.51. The van der Waals surface area contributed by atoms with Crippen LogP contribution >= 0.6 is 0 Å². The Bertz CT molecular complexity index is 510. The lowest BCUT2D eigenvalue weighted by molar-refractivity contribution is -0.169. The van der Waals surface area contributed by atoms with Crippen molar-refractivity contribution in [1.29, 1.82) is 0 Å². The van der Waals surface area contributed by atoms with E-state index in [0.717, 1.165) is 44.8 Å². The summed E-state index contributed by atoms with van der Waals surface area (Å²) in [6, 6.07) is 0.332. The number of hydrogen-bond donors (Lipinski definition) is 0. The van der Waals surface area contributed by atoms with E-state index >= 15 is 0 Å². The number of rotatable bonds is 3. The van der Waals surface area contributed by atoms with Crippen molar-refractivity contribution in [3.63, 3.8) is 0 Å². The SMILES string of the molecule is CC(C)N1CC2(CCCN(Cc3nccn3C)C2)C1=O. The van der Waals surface area contributed by atoms with Crippen molar-refractivity contribution in [2.24, 2.45) is 12.5 Å². The third-order valence-electron chi connectivity index (χ3n) is 4.75. The van der Waals surface area contributed by atoms with Crippen LogP contribution < -0.4 is 0 Å². The zero-order chi connectivity index (χ0) is 14.3. The molecule has 3 heterocycles. The molecule has 20 heavy (non-hydrogen) atoms. The van der Waals surface area contributed by atoms with Crippen LogP contribution in [0.3, 0.4) is 0 Å². The van der Waals surface area contributed by atoms with Crippen molar-refractivity contribution in [3.05, 3.63) is 18.2 Å². The zero-order valence-electron chi connectivity index (χ0n) is 12.7. The van der Waals surface area contributed by atoms with Crippen molar-refractivity contribution in [3.8, 4) is 0 Å². The fraction of sp³-hybridized carbons (Fsp3) is 0.733. The molecule has 0 radical (unpaired) electrons. The van der Waals surface area contributed by atoms with Gasteiger partial charge in [0.15, 0.2) is 0 Å². The van der Waals surface area contributed by atoms with E-state index < -0.39 is 0 Å². The van der Waals surface area contributed by atoms with Crippen LogP contribution in [0.5, 0.6) is 0 Å². The summed E-state index contributed by atoms with van der Waals surface area (Å²) in [5, 5.41) is 0. The molecule has 0 N–H and O–H groups in total. The molecule has 0 saturated carbocycles. The van der Waals surface area contributed by atoms with E-state index in [0.29, 0.717) is 11.9 Å². The summed E-state index contributed by atoms with van der Waals surface area (Å²) >= 11 is 0. The van der Waals surface area contributed by atoms with Crippen LogP contribution in [0.2, 0.25) is 0 Å². The molecule has 5 heteroatoms. The quantitative estimate of drug-likeness (QED) is 0.780. The lowest BCUT2D eigenvalue weighted by Crippen LogP contribution is -2.68. The van der Waals surface area contributed by atoms with Gasteiger partial charge in [0.05, 0.1) is 12.0 Å². The number of aryl methyl sites for hydroxylation is 1. The minimum Gasteiger partial charge on any atom is -0.339 e. The third kappa shape index (κ3) is 2.14. The molecule has 1 atom stereocenters. The summed E-state index contributed by atoms with van der Waals surface area (Å²) in [7, 11) is 2.02. The Hall–Kier alpha value is -1.36. The maximum Gasteiger partial charge on any atom is 0.232 e. The highest BCUT2D eigenvalue weighted by atomic mass is 16.2. The van der Waals surface area contributed by atoms with Gasteiger partial charge in [-0.25, -0.2) is 4.98 Å². The number of β-lactam (4-membered cyclic amide) rings is 1. The topological polar surface area (TPSA) is 41.4 Å². The third-order valence-corrected chi connectivity index (χ3v) is 4.75. The molecule has 2 aliphatic rings. The average Bonchev–Trinajstić information content (AvgIpc) is 2.81. The Balaban J connectivity index is 1.66. The molecule has 0 aromatic carbocycles. The monoisotopic (exact) mass is 276 g/mol. The van der Waals surface area contributed by atoms with Crippen LogP contribution in [-0.4, -0.2) is 50.9 Å². The number of carbonyl (C=O) groups is 1. The Morgan fingerprint density at radius 3 is 2.80 bits per heavy atom. The first-order valence-corrected chi connectivity index (χ1v) is 7.51. The molecule has 3 rings (SSSR count). The molecule has 1 aromatic rings. The molecule has 1 spiro atoms. The van der Waals surface area contributed by atoms with Gasteiger partial charge < -0.3 is 9.47 Å². The largest absolute Gasteiger partial charge is 0.339 e. The van der Waals surface area contributed by atoms with E-state index in [4.69, 9.17) is 0 Å². The highest BCUT2D eigenvalue weighted by Gasteiger charge is 2.54. The highest BCUT2D eigenvalue weighted by molar-refractivity contribution is 5.89. The van der Waals surface area contributed by atoms with Crippen LogP contribution in [0.4, 0.5) is 0 Å². The summed E-state index contributed by atoms with van der Waals surface area (Å²) in [6.07, 6.45) is 5.97. The predicted octanol–water partition coefficient (Wildman–Crippen LogP) is 1.25. The number of carbonyl (C=O) groups excluding carboxylic acids is 1. The van der Waals surface area contributed by atoms with Gasteiger partial charge in [0, 0.05) is 38.6 Å². The second-order valence-electron chi connectivity index (χ2n) is 6.58. The van der Waals surface area contributed by atoms with Gasteiger partial charge in [-0.2, -0.15) is 0 Å². The molecule has 1 amide bonds. The second-order valence-corrected chi connectivity index (χ2v) is 6.58. The second kappa shape index (κ2) is 4.88. The average molecular weight is 276 g/mol. The maximum absolute atomic E-state index is 12.5. The van der Waals surface area contributed by atoms with Gasteiger partial charge in [0.2, 0.25) is 5.91 Å². The first-order chi connectivity index (χ1) is 9.52. The van der Waals surface area contributed by atoms with Crippen molar-refractivity contribution in [2.75, 3.05) is 19.6 Å². The Kier molecular flexibility index (Phi) is 3.32. The van der Waals surface area contributed by atoms with E-state index in [2.05, 4.69) is 28.3 Å². The Labute approximate surface area is 120 Å². The van der Waals surface area contributed by atoms with E-state index in [1.165, 1.54) is 0 Å².